The predicted molar refractivity (Wildman–Crippen MR) is 63.1 cm³/mol. The third kappa shape index (κ3) is 4.93. The molecular formula is C9H17N3S2. The first-order chi connectivity index (χ1) is 6.68. The Hall–Kier alpha value is -0.130. The predicted octanol–water partition coefficient (Wildman–Crippen LogP) is 2.33. The second kappa shape index (κ2) is 6.37. The van der Waals surface area contributed by atoms with Crippen LogP contribution >= 0.6 is 23.1 Å². The van der Waals surface area contributed by atoms with E-state index in [-0.39, 0.29) is 0 Å². The van der Waals surface area contributed by atoms with Gasteiger partial charge in [0.25, 0.3) is 0 Å². The average molecular weight is 231 g/mol. The lowest BCUT2D eigenvalue weighted by molar-refractivity contribution is 0.586. The zero-order valence-corrected chi connectivity index (χ0v) is 10.5. The number of hydrogen-bond acceptors (Lipinski definition) is 5. The second-order valence-corrected chi connectivity index (χ2v) is 5.92. The maximum atomic E-state index is 4.06. The highest BCUT2D eigenvalue weighted by molar-refractivity contribution is 8.01. The molecule has 0 radical (unpaired) electrons. The SMILES string of the molecule is Cc1nnc(SCCCNC(C)C)s1. The molecular weight excluding hydrogens is 214 g/mol. The van der Waals surface area contributed by atoms with E-state index in [0.717, 1.165) is 21.6 Å². The van der Waals surface area contributed by atoms with Crippen LogP contribution in [-0.4, -0.2) is 28.5 Å². The zero-order chi connectivity index (χ0) is 10.4. The summed E-state index contributed by atoms with van der Waals surface area (Å²) < 4.78 is 1.09. The van der Waals surface area contributed by atoms with Gasteiger partial charge in [-0.05, 0) is 19.9 Å². The van der Waals surface area contributed by atoms with E-state index in [4.69, 9.17) is 0 Å². The fourth-order valence-electron chi connectivity index (χ4n) is 0.959. The molecule has 0 aliphatic heterocycles. The number of nitrogens with zero attached hydrogens (tertiary/aromatic N) is 2. The summed E-state index contributed by atoms with van der Waals surface area (Å²) in [6.07, 6.45) is 1.18. The third-order valence-electron chi connectivity index (χ3n) is 1.61. The Morgan fingerprint density at radius 1 is 1.43 bits per heavy atom. The lowest BCUT2D eigenvalue weighted by Gasteiger charge is -2.06. The van der Waals surface area contributed by atoms with E-state index in [1.807, 2.05) is 6.92 Å². The molecule has 0 spiro atoms. The monoisotopic (exact) mass is 231 g/mol. The first-order valence-corrected chi connectivity index (χ1v) is 6.65. The topological polar surface area (TPSA) is 37.8 Å². The van der Waals surface area contributed by atoms with Gasteiger partial charge >= 0.3 is 0 Å². The van der Waals surface area contributed by atoms with Gasteiger partial charge in [-0.1, -0.05) is 36.9 Å². The van der Waals surface area contributed by atoms with Crippen LogP contribution in [0.2, 0.25) is 0 Å². The maximum Gasteiger partial charge on any atom is 0.174 e. The molecule has 1 N–H and O–H groups in total. The summed E-state index contributed by atoms with van der Waals surface area (Å²) in [4.78, 5) is 0. The van der Waals surface area contributed by atoms with Crippen molar-refractivity contribution < 1.29 is 0 Å². The van der Waals surface area contributed by atoms with Gasteiger partial charge in [0.1, 0.15) is 5.01 Å². The Bertz CT molecular complexity index is 260. The third-order valence-corrected chi connectivity index (χ3v) is 3.67. The van der Waals surface area contributed by atoms with Crippen molar-refractivity contribution in [3.8, 4) is 0 Å². The summed E-state index contributed by atoms with van der Waals surface area (Å²) in [6.45, 7) is 7.41. The number of thioether (sulfide) groups is 1. The second-order valence-electron chi connectivity index (χ2n) is 3.40. The van der Waals surface area contributed by atoms with Crippen LogP contribution in [0.1, 0.15) is 25.3 Å². The van der Waals surface area contributed by atoms with Crippen molar-refractivity contribution in [2.75, 3.05) is 12.3 Å². The molecule has 1 aromatic heterocycles. The lowest BCUT2D eigenvalue weighted by Crippen LogP contribution is -2.23. The van der Waals surface area contributed by atoms with Gasteiger partial charge in [-0.2, -0.15) is 0 Å². The van der Waals surface area contributed by atoms with Crippen LogP contribution in [-0.2, 0) is 0 Å². The standard InChI is InChI=1S/C9H17N3S2/c1-7(2)10-5-4-6-13-9-12-11-8(3)14-9/h7,10H,4-6H2,1-3H3. The van der Waals surface area contributed by atoms with Crippen LogP contribution in [0.4, 0.5) is 0 Å². The van der Waals surface area contributed by atoms with Crippen molar-refractivity contribution in [3.63, 3.8) is 0 Å². The lowest BCUT2D eigenvalue weighted by atomic mass is 10.4. The number of aryl methyl sites for hydroxylation is 1. The zero-order valence-electron chi connectivity index (χ0n) is 8.91. The van der Waals surface area contributed by atoms with Crippen molar-refractivity contribution in [3.05, 3.63) is 5.01 Å². The van der Waals surface area contributed by atoms with E-state index in [0.29, 0.717) is 6.04 Å². The molecule has 0 fully saturated rings. The van der Waals surface area contributed by atoms with Crippen LogP contribution in [0.3, 0.4) is 0 Å². The quantitative estimate of drug-likeness (QED) is 0.602. The molecule has 0 amide bonds. The fraction of sp³-hybridized carbons (Fsp3) is 0.778. The molecule has 0 aliphatic carbocycles. The van der Waals surface area contributed by atoms with Crippen LogP contribution in [0, 0.1) is 6.92 Å². The largest absolute Gasteiger partial charge is 0.315 e. The molecule has 0 saturated heterocycles. The van der Waals surface area contributed by atoms with Crippen LogP contribution in [0.15, 0.2) is 4.34 Å². The molecule has 0 aromatic carbocycles. The van der Waals surface area contributed by atoms with E-state index >= 15 is 0 Å². The summed E-state index contributed by atoms with van der Waals surface area (Å²) >= 11 is 3.47. The van der Waals surface area contributed by atoms with Crippen molar-refractivity contribution in [1.29, 1.82) is 0 Å². The van der Waals surface area contributed by atoms with Gasteiger partial charge in [0.15, 0.2) is 4.34 Å². The van der Waals surface area contributed by atoms with Crippen LogP contribution in [0.5, 0.6) is 0 Å². The highest BCUT2D eigenvalue weighted by Gasteiger charge is 2.00. The van der Waals surface area contributed by atoms with Crippen molar-refractivity contribution in [2.24, 2.45) is 0 Å². The molecule has 5 heteroatoms. The minimum absolute atomic E-state index is 0.587. The molecule has 80 valence electrons. The summed E-state index contributed by atoms with van der Waals surface area (Å²) in [5, 5.41) is 12.5. The van der Waals surface area contributed by atoms with Gasteiger partial charge in [-0.15, -0.1) is 10.2 Å². The first kappa shape index (κ1) is 11.9. The van der Waals surface area contributed by atoms with E-state index < -0.39 is 0 Å². The number of hydrogen-bond donors (Lipinski definition) is 1. The Morgan fingerprint density at radius 3 is 2.79 bits per heavy atom. The Balaban J connectivity index is 2.04. The number of rotatable bonds is 6. The van der Waals surface area contributed by atoms with Gasteiger partial charge in [0.2, 0.25) is 0 Å². The molecule has 0 unspecified atom stereocenters. The molecule has 0 aliphatic rings. The van der Waals surface area contributed by atoms with Gasteiger partial charge in [0, 0.05) is 11.8 Å². The minimum atomic E-state index is 0.587. The first-order valence-electron chi connectivity index (χ1n) is 4.85. The van der Waals surface area contributed by atoms with Gasteiger partial charge < -0.3 is 5.32 Å². The molecule has 1 aromatic rings. The average Bonchev–Trinajstić information content (AvgIpc) is 2.50. The van der Waals surface area contributed by atoms with Crippen LogP contribution < -0.4 is 5.32 Å². The molecule has 1 rings (SSSR count). The van der Waals surface area contributed by atoms with Gasteiger partial charge in [-0.3, -0.25) is 0 Å². The van der Waals surface area contributed by atoms with E-state index in [1.165, 1.54) is 6.42 Å². The fourth-order valence-corrected chi connectivity index (χ4v) is 2.78. The normalized spacial score (nSPS) is 11.1. The Morgan fingerprint density at radius 2 is 2.21 bits per heavy atom. The van der Waals surface area contributed by atoms with Crippen molar-refractivity contribution in [2.45, 2.75) is 37.6 Å². The molecule has 1 heterocycles. The minimum Gasteiger partial charge on any atom is -0.315 e. The Labute approximate surface area is 93.7 Å². The number of aromatic nitrogens is 2. The smallest absolute Gasteiger partial charge is 0.174 e. The van der Waals surface area contributed by atoms with Crippen LogP contribution in [0.25, 0.3) is 0 Å². The van der Waals surface area contributed by atoms with E-state index in [1.54, 1.807) is 23.1 Å². The summed E-state index contributed by atoms with van der Waals surface area (Å²) in [7, 11) is 0. The Kier molecular flexibility index (Phi) is 5.44. The number of nitrogens with one attached hydrogen (secondary N) is 1. The van der Waals surface area contributed by atoms with E-state index in [9.17, 15) is 0 Å². The summed E-state index contributed by atoms with van der Waals surface area (Å²) in [5.41, 5.74) is 0. The molecule has 0 saturated carbocycles. The van der Waals surface area contributed by atoms with Crippen molar-refractivity contribution in [1.82, 2.24) is 15.5 Å². The van der Waals surface area contributed by atoms with E-state index in [2.05, 4.69) is 29.4 Å². The molecule has 0 atom stereocenters. The maximum absolute atomic E-state index is 4.06. The van der Waals surface area contributed by atoms with Crippen molar-refractivity contribution >= 4 is 23.1 Å². The molecule has 0 bridgehead atoms. The summed E-state index contributed by atoms with van der Waals surface area (Å²) in [5.74, 6) is 1.12. The molecule has 14 heavy (non-hydrogen) atoms. The highest BCUT2D eigenvalue weighted by Crippen LogP contribution is 2.21. The van der Waals surface area contributed by atoms with Gasteiger partial charge in [-0.25, -0.2) is 0 Å². The van der Waals surface area contributed by atoms with Gasteiger partial charge in [0.05, 0.1) is 0 Å². The summed E-state index contributed by atoms with van der Waals surface area (Å²) in [6, 6.07) is 0.587. The molecule has 3 nitrogen and oxygen atoms in total. The highest BCUT2D eigenvalue weighted by atomic mass is 32.2.